The largest absolute Gasteiger partial charge is 0.481 e. The van der Waals surface area contributed by atoms with Gasteiger partial charge in [-0.15, -0.1) is 0 Å². The number of H-pyrrole nitrogens is 2. The number of nitrogens with zero attached hydrogens (tertiary/aromatic N) is 2. The third kappa shape index (κ3) is 2.66. The highest BCUT2D eigenvalue weighted by molar-refractivity contribution is 5.77. The van der Waals surface area contributed by atoms with Gasteiger partial charge in [0.05, 0.1) is 23.1 Å². The molecule has 0 aliphatic carbocycles. The molecule has 3 aromatic rings. The number of fused-ring (bicyclic) bond motifs is 1. The maximum atomic E-state index is 11.9. The van der Waals surface area contributed by atoms with Gasteiger partial charge >= 0.3 is 5.97 Å². The SMILES string of the molecule is Cc1nc(Nc2nc3ccccc3[nH]2)[nH]c(=O)c1CC(=O)O. The van der Waals surface area contributed by atoms with E-state index in [-0.39, 0.29) is 17.9 Å². The number of aliphatic carboxylic acids is 1. The third-order valence-corrected chi connectivity index (χ3v) is 3.18. The van der Waals surface area contributed by atoms with Gasteiger partial charge < -0.3 is 10.1 Å². The zero-order valence-electron chi connectivity index (χ0n) is 11.7. The summed E-state index contributed by atoms with van der Waals surface area (Å²) in [5.74, 6) is -0.432. The van der Waals surface area contributed by atoms with Crippen molar-refractivity contribution >= 4 is 28.9 Å². The van der Waals surface area contributed by atoms with Gasteiger partial charge in [0.25, 0.3) is 5.56 Å². The lowest BCUT2D eigenvalue weighted by Crippen LogP contribution is -2.21. The van der Waals surface area contributed by atoms with Crippen molar-refractivity contribution < 1.29 is 9.90 Å². The molecular weight excluding hydrogens is 286 g/mol. The smallest absolute Gasteiger partial charge is 0.308 e. The second kappa shape index (κ2) is 5.32. The number of hydrogen-bond donors (Lipinski definition) is 4. The zero-order valence-corrected chi connectivity index (χ0v) is 11.7. The summed E-state index contributed by atoms with van der Waals surface area (Å²) in [5.41, 5.74) is 1.67. The van der Waals surface area contributed by atoms with Crippen LogP contribution in [0.2, 0.25) is 0 Å². The van der Waals surface area contributed by atoms with Crippen LogP contribution in [0, 0.1) is 6.92 Å². The number of aromatic amines is 2. The molecule has 2 aromatic heterocycles. The van der Waals surface area contributed by atoms with Crippen LogP contribution < -0.4 is 10.9 Å². The molecule has 3 rings (SSSR count). The van der Waals surface area contributed by atoms with Gasteiger partial charge in [0.2, 0.25) is 11.9 Å². The van der Waals surface area contributed by atoms with E-state index in [1.54, 1.807) is 6.92 Å². The second-order valence-electron chi connectivity index (χ2n) is 4.78. The molecule has 0 spiro atoms. The molecule has 8 nitrogen and oxygen atoms in total. The Balaban J connectivity index is 1.92. The molecule has 0 aliphatic heterocycles. The number of aromatic nitrogens is 4. The Bertz CT molecular complexity index is 879. The molecule has 0 saturated carbocycles. The Hall–Kier alpha value is -3.16. The Morgan fingerprint density at radius 2 is 1.95 bits per heavy atom. The van der Waals surface area contributed by atoms with Gasteiger partial charge in [0.1, 0.15) is 0 Å². The molecule has 0 radical (unpaired) electrons. The molecule has 0 aliphatic rings. The number of hydrogen-bond acceptors (Lipinski definition) is 5. The fourth-order valence-electron chi connectivity index (χ4n) is 2.15. The summed E-state index contributed by atoms with van der Waals surface area (Å²) in [6.45, 7) is 1.59. The molecule has 1 aromatic carbocycles. The number of aryl methyl sites for hydroxylation is 1. The predicted octanol–water partition coefficient (Wildman–Crippen LogP) is 1.33. The van der Waals surface area contributed by atoms with Gasteiger partial charge in [-0.25, -0.2) is 9.97 Å². The van der Waals surface area contributed by atoms with Crippen molar-refractivity contribution in [2.45, 2.75) is 13.3 Å². The van der Waals surface area contributed by atoms with Gasteiger partial charge in [-0.2, -0.15) is 0 Å². The molecule has 8 heteroatoms. The van der Waals surface area contributed by atoms with Crippen molar-refractivity contribution in [1.29, 1.82) is 0 Å². The lowest BCUT2D eigenvalue weighted by atomic mass is 10.2. The van der Waals surface area contributed by atoms with E-state index in [4.69, 9.17) is 5.11 Å². The summed E-state index contributed by atoms with van der Waals surface area (Å²) in [6.07, 6.45) is -0.362. The van der Waals surface area contributed by atoms with Crippen molar-refractivity contribution in [2.24, 2.45) is 0 Å². The summed E-state index contributed by atoms with van der Waals surface area (Å²) in [4.78, 5) is 36.7. The van der Waals surface area contributed by atoms with Crippen molar-refractivity contribution in [3.8, 4) is 0 Å². The minimum atomic E-state index is -1.08. The first-order valence-corrected chi connectivity index (χ1v) is 6.56. The molecule has 22 heavy (non-hydrogen) atoms. The fraction of sp³-hybridized carbons (Fsp3) is 0.143. The average molecular weight is 299 g/mol. The molecule has 2 heterocycles. The summed E-state index contributed by atoms with van der Waals surface area (Å²) in [7, 11) is 0. The van der Waals surface area contributed by atoms with Crippen LogP contribution in [-0.2, 0) is 11.2 Å². The number of carbonyl (C=O) groups is 1. The van der Waals surface area contributed by atoms with Crippen LogP contribution in [0.4, 0.5) is 11.9 Å². The molecular formula is C14H13N5O3. The van der Waals surface area contributed by atoms with Gasteiger partial charge in [-0.3, -0.25) is 19.9 Å². The standard InChI is InChI=1S/C14H13N5O3/c1-7-8(6-11(20)21)12(22)18-13(15-7)19-14-16-9-4-2-3-5-10(9)17-14/h2-5H,6H2,1H3,(H,20,21)(H3,15,16,17,18,19,22). The Morgan fingerprint density at radius 3 is 2.64 bits per heavy atom. The minimum absolute atomic E-state index is 0.141. The first-order chi connectivity index (χ1) is 10.5. The van der Waals surface area contributed by atoms with E-state index in [9.17, 15) is 9.59 Å². The van der Waals surface area contributed by atoms with E-state index in [2.05, 4.69) is 25.3 Å². The molecule has 0 fully saturated rings. The number of anilines is 2. The van der Waals surface area contributed by atoms with Gasteiger partial charge in [-0.05, 0) is 19.1 Å². The Labute approximate surface area is 124 Å². The first-order valence-electron chi connectivity index (χ1n) is 6.56. The van der Waals surface area contributed by atoms with Crippen LogP contribution in [-0.4, -0.2) is 31.0 Å². The molecule has 0 unspecified atom stereocenters. The van der Waals surface area contributed by atoms with E-state index in [0.717, 1.165) is 11.0 Å². The maximum absolute atomic E-state index is 11.9. The Morgan fingerprint density at radius 1 is 1.23 bits per heavy atom. The highest BCUT2D eigenvalue weighted by Gasteiger charge is 2.12. The maximum Gasteiger partial charge on any atom is 0.308 e. The summed E-state index contributed by atoms with van der Waals surface area (Å²) in [5, 5.41) is 11.7. The molecule has 0 saturated heterocycles. The average Bonchev–Trinajstić information content (AvgIpc) is 2.84. The number of imidazole rings is 1. The van der Waals surface area contributed by atoms with Gasteiger partial charge in [0, 0.05) is 5.56 Å². The number of carboxylic acid groups (broad SMARTS) is 1. The number of benzene rings is 1. The van der Waals surface area contributed by atoms with Crippen molar-refractivity contribution in [3.63, 3.8) is 0 Å². The summed E-state index contributed by atoms with van der Waals surface area (Å²) in [6, 6.07) is 7.49. The highest BCUT2D eigenvalue weighted by atomic mass is 16.4. The molecule has 4 N–H and O–H groups in total. The molecule has 0 bridgehead atoms. The minimum Gasteiger partial charge on any atom is -0.481 e. The lowest BCUT2D eigenvalue weighted by Gasteiger charge is -2.05. The number of carboxylic acids is 1. The van der Waals surface area contributed by atoms with E-state index >= 15 is 0 Å². The van der Waals surface area contributed by atoms with Gasteiger partial charge in [0.15, 0.2) is 0 Å². The van der Waals surface area contributed by atoms with Crippen molar-refractivity contribution in [1.82, 2.24) is 19.9 Å². The van der Waals surface area contributed by atoms with Crippen LogP contribution in [0.5, 0.6) is 0 Å². The number of nitrogens with one attached hydrogen (secondary N) is 3. The van der Waals surface area contributed by atoms with Gasteiger partial charge in [-0.1, -0.05) is 12.1 Å². The van der Waals surface area contributed by atoms with Crippen LogP contribution in [0.3, 0.4) is 0 Å². The van der Waals surface area contributed by atoms with E-state index in [1.165, 1.54) is 0 Å². The van der Waals surface area contributed by atoms with Crippen molar-refractivity contribution in [2.75, 3.05) is 5.32 Å². The van der Waals surface area contributed by atoms with Crippen molar-refractivity contribution in [3.05, 3.63) is 45.9 Å². The molecule has 112 valence electrons. The second-order valence-corrected chi connectivity index (χ2v) is 4.78. The first kappa shape index (κ1) is 13.8. The quantitative estimate of drug-likeness (QED) is 0.576. The number of rotatable bonds is 4. The highest BCUT2D eigenvalue weighted by Crippen LogP contribution is 2.15. The monoisotopic (exact) mass is 299 g/mol. The summed E-state index contributed by atoms with van der Waals surface area (Å²) < 4.78 is 0. The Kier molecular flexibility index (Phi) is 3.34. The zero-order chi connectivity index (χ0) is 15.7. The van der Waals surface area contributed by atoms with Crippen LogP contribution in [0.1, 0.15) is 11.3 Å². The number of para-hydroxylation sites is 2. The fourth-order valence-corrected chi connectivity index (χ4v) is 2.15. The predicted molar refractivity (Wildman–Crippen MR) is 80.3 cm³/mol. The topological polar surface area (TPSA) is 124 Å². The van der Waals surface area contributed by atoms with E-state index < -0.39 is 11.5 Å². The van der Waals surface area contributed by atoms with E-state index in [0.29, 0.717) is 11.6 Å². The molecule has 0 amide bonds. The summed E-state index contributed by atoms with van der Waals surface area (Å²) >= 11 is 0. The van der Waals surface area contributed by atoms with Crippen LogP contribution >= 0.6 is 0 Å². The van der Waals surface area contributed by atoms with Crippen LogP contribution in [0.25, 0.3) is 11.0 Å². The third-order valence-electron chi connectivity index (χ3n) is 3.18. The molecule has 0 atom stereocenters. The normalized spacial score (nSPS) is 10.8. The van der Waals surface area contributed by atoms with Crippen LogP contribution in [0.15, 0.2) is 29.1 Å². The lowest BCUT2D eigenvalue weighted by molar-refractivity contribution is -0.136. The van der Waals surface area contributed by atoms with E-state index in [1.807, 2.05) is 24.3 Å².